The molecule has 0 amide bonds. The third-order valence-corrected chi connectivity index (χ3v) is 3.70. The van der Waals surface area contributed by atoms with Crippen LogP contribution in [0.15, 0.2) is 36.4 Å². The molecule has 0 heterocycles. The number of fused-ring (bicyclic) bond motifs is 1. The van der Waals surface area contributed by atoms with E-state index >= 15 is 0 Å². The van der Waals surface area contributed by atoms with Crippen LogP contribution in [-0.2, 0) is 21.0 Å². The van der Waals surface area contributed by atoms with Crippen molar-refractivity contribution in [3.05, 3.63) is 47.5 Å². The number of nitrogens with zero attached hydrogens (tertiary/aromatic N) is 1. The van der Waals surface area contributed by atoms with E-state index in [-0.39, 0.29) is 31.2 Å². The molecule has 0 aromatic heterocycles. The molecule has 0 saturated carbocycles. The molecule has 0 bridgehead atoms. The number of esters is 1. The Labute approximate surface area is 139 Å². The zero-order chi connectivity index (χ0) is 17.5. The largest absolute Gasteiger partial charge is 0.465 e. The topological polar surface area (TPSA) is 99.5 Å². The van der Waals surface area contributed by atoms with Crippen LogP contribution in [0.25, 0.3) is 10.8 Å². The summed E-state index contributed by atoms with van der Waals surface area (Å²) in [4.78, 5) is 16.4. The zero-order valence-electron chi connectivity index (χ0n) is 13.4. The third-order valence-electron chi connectivity index (χ3n) is 3.70. The minimum absolute atomic E-state index is 0.00550. The molecule has 1 atom stereocenters. The molecular formula is C17H21NO6. The number of ether oxygens (including phenoxy) is 1. The predicted molar refractivity (Wildman–Crippen MR) is 85.2 cm³/mol. The van der Waals surface area contributed by atoms with E-state index in [0.717, 1.165) is 21.9 Å². The molecule has 1 unspecified atom stereocenters. The second-order valence-corrected chi connectivity index (χ2v) is 5.43. The van der Waals surface area contributed by atoms with E-state index < -0.39 is 5.92 Å². The molecule has 0 aliphatic rings. The molecular weight excluding hydrogens is 314 g/mol. The average molecular weight is 335 g/mol. The molecule has 7 heteroatoms. The first-order valence-corrected chi connectivity index (χ1v) is 7.62. The number of aliphatic hydroxyl groups is 1. The van der Waals surface area contributed by atoms with Gasteiger partial charge < -0.3 is 9.84 Å². The van der Waals surface area contributed by atoms with Crippen molar-refractivity contribution in [1.29, 1.82) is 0 Å². The van der Waals surface area contributed by atoms with E-state index in [0.29, 0.717) is 6.42 Å². The van der Waals surface area contributed by atoms with Crippen LogP contribution in [0.3, 0.4) is 0 Å². The van der Waals surface area contributed by atoms with Gasteiger partial charge in [0.05, 0.1) is 31.1 Å². The van der Waals surface area contributed by atoms with Gasteiger partial charge in [0.15, 0.2) is 0 Å². The van der Waals surface area contributed by atoms with Crippen molar-refractivity contribution in [1.82, 2.24) is 5.39 Å². The molecule has 24 heavy (non-hydrogen) atoms. The maximum Gasteiger partial charge on any atom is 0.313 e. The molecule has 0 saturated heterocycles. The van der Waals surface area contributed by atoms with Gasteiger partial charge in [-0.15, -0.1) is 0 Å². The van der Waals surface area contributed by atoms with Gasteiger partial charge in [0, 0.05) is 6.42 Å². The maximum atomic E-state index is 12.1. The second-order valence-electron chi connectivity index (χ2n) is 5.43. The maximum absolute atomic E-state index is 12.1. The second kappa shape index (κ2) is 8.72. The fourth-order valence-corrected chi connectivity index (χ4v) is 2.32. The molecule has 7 nitrogen and oxygen atoms in total. The minimum Gasteiger partial charge on any atom is -0.465 e. The summed E-state index contributed by atoms with van der Waals surface area (Å²) in [5.41, 5.74) is 1.69. The van der Waals surface area contributed by atoms with Gasteiger partial charge in [0.25, 0.3) is 0 Å². The van der Waals surface area contributed by atoms with Crippen molar-refractivity contribution in [2.75, 3.05) is 13.2 Å². The molecule has 2 aromatic rings. The van der Waals surface area contributed by atoms with Crippen molar-refractivity contribution in [2.24, 2.45) is 0 Å². The summed E-state index contributed by atoms with van der Waals surface area (Å²) in [6.07, 6.45) is 0.345. The molecule has 3 N–H and O–H groups in total. The summed E-state index contributed by atoms with van der Waals surface area (Å²) >= 11 is 0. The van der Waals surface area contributed by atoms with Gasteiger partial charge in [-0.2, -0.15) is 0 Å². The molecule has 2 aromatic carbocycles. The molecule has 0 fully saturated rings. The highest BCUT2D eigenvalue weighted by atomic mass is 17.1. The highest BCUT2D eigenvalue weighted by Crippen LogP contribution is 2.23. The van der Waals surface area contributed by atoms with Crippen molar-refractivity contribution in [2.45, 2.75) is 25.9 Å². The van der Waals surface area contributed by atoms with Gasteiger partial charge in [-0.3, -0.25) is 20.0 Å². The van der Waals surface area contributed by atoms with Gasteiger partial charge in [-0.1, -0.05) is 30.3 Å². The molecule has 2 rings (SSSR count). The van der Waals surface area contributed by atoms with Crippen LogP contribution in [0.2, 0.25) is 0 Å². The lowest BCUT2D eigenvalue weighted by Crippen LogP contribution is -2.18. The normalized spacial score (nSPS) is 12.5. The summed E-state index contributed by atoms with van der Waals surface area (Å²) in [7, 11) is 0. The Kier molecular flexibility index (Phi) is 6.65. The highest BCUT2D eigenvalue weighted by molar-refractivity contribution is 5.86. The van der Waals surface area contributed by atoms with Crippen molar-refractivity contribution >= 4 is 16.7 Å². The monoisotopic (exact) mass is 335 g/mol. The minimum atomic E-state index is -0.417. The lowest BCUT2D eigenvalue weighted by Gasteiger charge is -2.13. The molecule has 0 radical (unpaired) electrons. The number of carbonyl (C=O) groups is 1. The van der Waals surface area contributed by atoms with E-state index in [1.165, 1.54) is 0 Å². The van der Waals surface area contributed by atoms with Crippen LogP contribution in [0, 0.1) is 0 Å². The van der Waals surface area contributed by atoms with Crippen molar-refractivity contribution in [3.63, 3.8) is 0 Å². The van der Waals surface area contributed by atoms with Crippen LogP contribution >= 0.6 is 0 Å². The molecule has 130 valence electrons. The van der Waals surface area contributed by atoms with Crippen LogP contribution < -0.4 is 0 Å². The summed E-state index contributed by atoms with van der Waals surface area (Å²) < 4.78 is 5.15. The standard InChI is InChI=1S/C17H21NO6/c1-12(17(20)23-7-2-8-24-18(21)22)14-5-6-15-9-13(11-19)3-4-16(15)10-14/h3-6,9-10,12,19,21-22H,2,7-8,11H2,1H3. The highest BCUT2D eigenvalue weighted by Gasteiger charge is 2.17. The first-order chi connectivity index (χ1) is 11.5. The van der Waals surface area contributed by atoms with E-state index in [1.54, 1.807) is 6.92 Å². The Bertz CT molecular complexity index is 688. The van der Waals surface area contributed by atoms with Crippen molar-refractivity contribution in [3.8, 4) is 0 Å². The van der Waals surface area contributed by atoms with Gasteiger partial charge >= 0.3 is 5.97 Å². The van der Waals surface area contributed by atoms with Crippen LogP contribution in [-0.4, -0.2) is 40.1 Å². The number of aliphatic hydroxyl groups excluding tert-OH is 1. The smallest absolute Gasteiger partial charge is 0.313 e. The van der Waals surface area contributed by atoms with Crippen LogP contribution in [0.1, 0.15) is 30.4 Å². The summed E-state index contributed by atoms with van der Waals surface area (Å²) in [6.45, 7) is 1.92. The first-order valence-electron chi connectivity index (χ1n) is 7.62. The quantitative estimate of drug-likeness (QED) is 0.387. The lowest BCUT2D eigenvalue weighted by molar-refractivity contribution is -0.492. The van der Waals surface area contributed by atoms with E-state index in [4.69, 9.17) is 20.3 Å². The van der Waals surface area contributed by atoms with E-state index in [9.17, 15) is 4.79 Å². The van der Waals surface area contributed by atoms with Gasteiger partial charge in [0.1, 0.15) is 0 Å². The summed E-state index contributed by atoms with van der Waals surface area (Å²) in [5.74, 6) is -0.772. The number of hydrogen-bond donors (Lipinski definition) is 3. The summed E-state index contributed by atoms with van der Waals surface area (Å²) in [6, 6.07) is 11.4. The number of rotatable bonds is 8. The Morgan fingerprint density at radius 2 is 1.83 bits per heavy atom. The van der Waals surface area contributed by atoms with E-state index in [2.05, 4.69) is 4.84 Å². The Hall–Kier alpha value is -2.03. The van der Waals surface area contributed by atoms with Crippen LogP contribution in [0.4, 0.5) is 0 Å². The molecule has 0 spiro atoms. The van der Waals surface area contributed by atoms with Gasteiger partial charge in [-0.05, 0) is 34.9 Å². The molecule has 0 aliphatic carbocycles. The fraction of sp³-hybridized carbons (Fsp3) is 0.353. The average Bonchev–Trinajstić information content (AvgIpc) is 2.59. The SMILES string of the molecule is CC(C(=O)OCCCON(O)O)c1ccc2cc(CO)ccc2c1. The number of carbonyl (C=O) groups excluding carboxylic acids is 1. The third kappa shape index (κ3) is 4.98. The summed E-state index contributed by atoms with van der Waals surface area (Å²) in [5, 5.41) is 27.5. The lowest BCUT2D eigenvalue weighted by atomic mass is 9.97. The molecule has 0 aliphatic heterocycles. The van der Waals surface area contributed by atoms with Crippen LogP contribution in [0.5, 0.6) is 0 Å². The fourth-order valence-electron chi connectivity index (χ4n) is 2.32. The van der Waals surface area contributed by atoms with E-state index in [1.807, 2.05) is 36.4 Å². The number of benzene rings is 2. The van der Waals surface area contributed by atoms with Gasteiger partial charge in [0.2, 0.25) is 0 Å². The Morgan fingerprint density at radius 3 is 2.54 bits per heavy atom. The van der Waals surface area contributed by atoms with Crippen molar-refractivity contribution < 1.29 is 29.9 Å². The Balaban J connectivity index is 1.94. The Morgan fingerprint density at radius 1 is 1.12 bits per heavy atom. The number of hydrogen-bond acceptors (Lipinski definition) is 7. The zero-order valence-corrected chi connectivity index (χ0v) is 13.4. The predicted octanol–water partition coefficient (Wildman–Crippen LogP) is 2.38. The first kappa shape index (κ1) is 18.3. The van der Waals surface area contributed by atoms with Gasteiger partial charge in [-0.25, -0.2) is 0 Å².